The van der Waals surface area contributed by atoms with E-state index in [2.05, 4.69) is 4.74 Å². The zero-order chi connectivity index (χ0) is 15.4. The Labute approximate surface area is 138 Å². The molecule has 112 valence electrons. The average Bonchev–Trinajstić information content (AvgIpc) is 2.35. The van der Waals surface area contributed by atoms with Gasteiger partial charge in [0.25, 0.3) is 0 Å². The zero-order valence-corrected chi connectivity index (χ0v) is 14.1. The summed E-state index contributed by atoms with van der Waals surface area (Å²) < 4.78 is 4.62. The zero-order valence-electron chi connectivity index (χ0n) is 11.1. The van der Waals surface area contributed by atoms with Crippen molar-refractivity contribution in [2.45, 2.75) is 25.8 Å². The van der Waals surface area contributed by atoms with E-state index in [1.165, 1.54) is 13.2 Å². The summed E-state index contributed by atoms with van der Waals surface area (Å²) in [4.78, 5) is 11.2. The summed E-state index contributed by atoms with van der Waals surface area (Å²) in [6, 6.07) is 1.07. The van der Waals surface area contributed by atoms with Crippen LogP contribution in [0.2, 0.25) is 20.1 Å². The largest absolute Gasteiger partial charge is 0.469 e. The monoisotopic (exact) mass is 357 g/mol. The van der Waals surface area contributed by atoms with Crippen molar-refractivity contribution >= 4 is 52.4 Å². The van der Waals surface area contributed by atoms with Crippen molar-refractivity contribution in [3.8, 4) is 0 Å². The van der Waals surface area contributed by atoms with Crippen LogP contribution >= 0.6 is 46.4 Å². The minimum absolute atomic E-state index is 0.0269. The number of methoxy groups -OCH3 is 1. The fraction of sp³-hybridized carbons (Fsp3) is 0.462. The van der Waals surface area contributed by atoms with E-state index in [0.717, 1.165) is 0 Å². The summed E-state index contributed by atoms with van der Waals surface area (Å²) in [6.45, 7) is 1.90. The second-order valence-corrected chi connectivity index (χ2v) is 6.18. The van der Waals surface area contributed by atoms with E-state index < -0.39 is 6.04 Å². The van der Waals surface area contributed by atoms with Gasteiger partial charge in [0.05, 0.1) is 22.2 Å². The maximum Gasteiger partial charge on any atom is 0.305 e. The van der Waals surface area contributed by atoms with Gasteiger partial charge in [0.2, 0.25) is 0 Å². The first kappa shape index (κ1) is 17.9. The van der Waals surface area contributed by atoms with Gasteiger partial charge >= 0.3 is 5.97 Å². The predicted octanol–water partition coefficient (Wildman–Crippen LogP) is 4.89. The number of esters is 1. The van der Waals surface area contributed by atoms with Crippen molar-refractivity contribution in [1.29, 1.82) is 0 Å². The van der Waals surface area contributed by atoms with E-state index in [1.54, 1.807) is 0 Å². The number of carbonyl (C=O) groups is 1. The Bertz CT molecular complexity index is 508. The SMILES string of the molecule is COC(=O)CC(C)CC(N)c1c(Cl)cc(Cl)c(Cl)c1Cl. The molecule has 0 fully saturated rings. The third-order valence-electron chi connectivity index (χ3n) is 2.92. The van der Waals surface area contributed by atoms with Gasteiger partial charge in [0.15, 0.2) is 0 Å². The third kappa shape index (κ3) is 4.40. The highest BCUT2D eigenvalue weighted by molar-refractivity contribution is 6.49. The van der Waals surface area contributed by atoms with Crippen molar-refractivity contribution in [2.75, 3.05) is 7.11 Å². The fourth-order valence-corrected chi connectivity index (χ4v) is 3.12. The van der Waals surface area contributed by atoms with Crippen molar-refractivity contribution in [2.24, 2.45) is 11.7 Å². The van der Waals surface area contributed by atoms with Gasteiger partial charge in [-0.3, -0.25) is 4.79 Å². The number of ether oxygens (including phenoxy) is 1. The fourth-order valence-electron chi connectivity index (χ4n) is 1.92. The maximum atomic E-state index is 11.2. The Kier molecular flexibility index (Phi) is 6.89. The van der Waals surface area contributed by atoms with Crippen LogP contribution in [0.15, 0.2) is 6.07 Å². The van der Waals surface area contributed by atoms with Gasteiger partial charge in [-0.15, -0.1) is 0 Å². The Morgan fingerprint density at radius 3 is 2.40 bits per heavy atom. The first-order chi connectivity index (χ1) is 9.27. The van der Waals surface area contributed by atoms with Crippen LogP contribution < -0.4 is 5.73 Å². The lowest BCUT2D eigenvalue weighted by Crippen LogP contribution is -2.17. The molecule has 2 N–H and O–H groups in total. The highest BCUT2D eigenvalue weighted by Crippen LogP contribution is 2.41. The molecule has 0 bridgehead atoms. The first-order valence-electron chi connectivity index (χ1n) is 5.93. The second-order valence-electron chi connectivity index (χ2n) is 4.61. The van der Waals surface area contributed by atoms with E-state index in [1.807, 2.05) is 6.92 Å². The molecule has 0 radical (unpaired) electrons. The number of rotatable bonds is 5. The predicted molar refractivity (Wildman–Crippen MR) is 83.8 cm³/mol. The molecule has 1 aromatic carbocycles. The molecule has 0 aliphatic heterocycles. The molecule has 0 aliphatic rings. The molecule has 0 amide bonds. The summed E-state index contributed by atoms with van der Waals surface area (Å²) in [5.74, 6) is -0.255. The van der Waals surface area contributed by atoms with Gasteiger partial charge in [-0.25, -0.2) is 0 Å². The van der Waals surface area contributed by atoms with Crippen LogP contribution in [0.3, 0.4) is 0 Å². The Morgan fingerprint density at radius 1 is 1.25 bits per heavy atom. The number of carbonyl (C=O) groups excluding carboxylic acids is 1. The van der Waals surface area contributed by atoms with Crippen molar-refractivity contribution in [1.82, 2.24) is 0 Å². The normalized spacial score (nSPS) is 13.9. The average molecular weight is 359 g/mol. The number of nitrogens with two attached hydrogens (primary N) is 1. The Hall–Kier alpha value is -0.190. The molecule has 0 heterocycles. The lowest BCUT2D eigenvalue weighted by Gasteiger charge is -2.20. The Morgan fingerprint density at radius 2 is 1.85 bits per heavy atom. The van der Waals surface area contributed by atoms with Crippen LogP contribution in [0.4, 0.5) is 0 Å². The van der Waals surface area contributed by atoms with Gasteiger partial charge < -0.3 is 10.5 Å². The van der Waals surface area contributed by atoms with Crippen LogP contribution in [0.5, 0.6) is 0 Å². The quantitative estimate of drug-likeness (QED) is 0.463. The van der Waals surface area contributed by atoms with Crippen molar-refractivity contribution < 1.29 is 9.53 Å². The molecule has 3 nitrogen and oxygen atoms in total. The van der Waals surface area contributed by atoms with Crippen molar-refractivity contribution in [3.63, 3.8) is 0 Å². The maximum absolute atomic E-state index is 11.2. The molecule has 1 aromatic rings. The minimum Gasteiger partial charge on any atom is -0.469 e. The van der Waals surface area contributed by atoms with E-state index in [0.29, 0.717) is 17.0 Å². The first-order valence-corrected chi connectivity index (χ1v) is 7.44. The number of hydrogen-bond donors (Lipinski definition) is 1. The van der Waals surface area contributed by atoms with Gasteiger partial charge in [-0.05, 0) is 18.4 Å². The summed E-state index contributed by atoms with van der Waals surface area (Å²) in [7, 11) is 1.35. The molecule has 0 aromatic heterocycles. The van der Waals surface area contributed by atoms with Crippen LogP contribution in [0.25, 0.3) is 0 Å². The van der Waals surface area contributed by atoms with Crippen LogP contribution in [-0.4, -0.2) is 13.1 Å². The molecule has 0 saturated heterocycles. The Balaban J connectivity index is 2.90. The second kappa shape index (κ2) is 7.71. The van der Waals surface area contributed by atoms with Gasteiger partial charge in [0, 0.05) is 23.0 Å². The van der Waals surface area contributed by atoms with Crippen LogP contribution in [0, 0.1) is 5.92 Å². The highest BCUT2D eigenvalue weighted by Gasteiger charge is 2.22. The molecule has 2 atom stereocenters. The summed E-state index contributed by atoms with van der Waals surface area (Å²) >= 11 is 24.1. The molecule has 7 heteroatoms. The standard InChI is InChI=1S/C13H15Cl4NO2/c1-6(4-10(19)20-2)3-9(18)11-7(14)5-8(15)12(16)13(11)17/h5-6,9H,3-4,18H2,1-2H3. The smallest absolute Gasteiger partial charge is 0.305 e. The molecule has 0 saturated carbocycles. The number of benzene rings is 1. The summed E-state index contributed by atoms with van der Waals surface area (Å²) in [5, 5.41) is 1.12. The summed E-state index contributed by atoms with van der Waals surface area (Å²) in [6.07, 6.45) is 0.799. The van der Waals surface area contributed by atoms with Crippen LogP contribution in [-0.2, 0) is 9.53 Å². The van der Waals surface area contributed by atoms with E-state index in [9.17, 15) is 4.79 Å². The van der Waals surface area contributed by atoms with Gasteiger partial charge in [-0.2, -0.15) is 0 Å². The van der Waals surface area contributed by atoms with Gasteiger partial charge in [0.1, 0.15) is 0 Å². The highest BCUT2D eigenvalue weighted by atomic mass is 35.5. The van der Waals surface area contributed by atoms with Crippen LogP contribution in [0.1, 0.15) is 31.4 Å². The lowest BCUT2D eigenvalue weighted by atomic mass is 9.94. The van der Waals surface area contributed by atoms with E-state index >= 15 is 0 Å². The third-order valence-corrected chi connectivity index (χ3v) is 4.51. The molecular formula is C13H15Cl4NO2. The van der Waals surface area contributed by atoms with E-state index in [-0.39, 0.29) is 33.4 Å². The molecule has 2 unspecified atom stereocenters. The van der Waals surface area contributed by atoms with Crippen molar-refractivity contribution in [3.05, 3.63) is 31.7 Å². The molecule has 0 spiro atoms. The molecule has 20 heavy (non-hydrogen) atoms. The molecule has 0 aliphatic carbocycles. The van der Waals surface area contributed by atoms with Gasteiger partial charge in [-0.1, -0.05) is 53.3 Å². The summed E-state index contributed by atoms with van der Waals surface area (Å²) in [5.41, 5.74) is 6.65. The minimum atomic E-state index is -0.440. The van der Waals surface area contributed by atoms with E-state index in [4.69, 9.17) is 52.1 Å². The topological polar surface area (TPSA) is 52.3 Å². The number of halogens is 4. The lowest BCUT2D eigenvalue weighted by molar-refractivity contribution is -0.141. The molecular weight excluding hydrogens is 344 g/mol. The molecule has 1 rings (SSSR count). The number of hydrogen-bond acceptors (Lipinski definition) is 3.